The molecule has 1 rings (SSSR count). The fourth-order valence-corrected chi connectivity index (χ4v) is 0.918. The second-order valence-electron chi connectivity index (χ2n) is 3.21. The van der Waals surface area contributed by atoms with Gasteiger partial charge in [0.1, 0.15) is 11.4 Å². The third-order valence-electron chi connectivity index (χ3n) is 1.88. The first-order valence-corrected chi connectivity index (χ1v) is 3.98. The van der Waals surface area contributed by atoms with Gasteiger partial charge in [-0.05, 0) is 26.0 Å². The van der Waals surface area contributed by atoms with E-state index >= 15 is 0 Å². The van der Waals surface area contributed by atoms with Gasteiger partial charge in [0.2, 0.25) is 0 Å². The van der Waals surface area contributed by atoms with E-state index in [2.05, 4.69) is 4.98 Å². The first-order valence-electron chi connectivity index (χ1n) is 3.98. The molecule has 0 amide bonds. The zero-order valence-corrected chi connectivity index (χ0v) is 8.07. The van der Waals surface area contributed by atoms with Crippen molar-refractivity contribution in [3.63, 3.8) is 0 Å². The Balaban J connectivity index is 2.92. The largest absolute Gasteiger partial charge is 0.495 e. The summed E-state index contributed by atoms with van der Waals surface area (Å²) in [5.41, 5.74) is 0.211. The van der Waals surface area contributed by atoms with Gasteiger partial charge in [-0.25, -0.2) is 5.90 Å². The van der Waals surface area contributed by atoms with Gasteiger partial charge >= 0.3 is 0 Å². The molecule has 0 radical (unpaired) electrons. The van der Waals surface area contributed by atoms with E-state index in [-0.39, 0.29) is 0 Å². The number of aromatic nitrogens is 1. The highest BCUT2D eigenvalue weighted by atomic mass is 16.6. The molecule has 0 spiro atoms. The molecule has 0 saturated heterocycles. The maximum atomic E-state index is 5.14. The number of nitrogens with zero attached hydrogens (tertiary/aromatic N) is 1. The van der Waals surface area contributed by atoms with Crippen LogP contribution in [0.4, 0.5) is 0 Å². The molecule has 2 N–H and O–H groups in total. The molecule has 13 heavy (non-hydrogen) atoms. The Bertz CT molecular complexity index is 269. The Kier molecular flexibility index (Phi) is 2.85. The van der Waals surface area contributed by atoms with Crippen LogP contribution in [0.15, 0.2) is 18.3 Å². The summed E-state index contributed by atoms with van der Waals surface area (Å²) >= 11 is 0. The average molecular weight is 182 g/mol. The zero-order valence-electron chi connectivity index (χ0n) is 8.07. The minimum atomic E-state index is -0.563. The van der Waals surface area contributed by atoms with Gasteiger partial charge in [-0.2, -0.15) is 0 Å². The summed E-state index contributed by atoms with van der Waals surface area (Å²) in [4.78, 5) is 8.96. The molecule has 0 fully saturated rings. The van der Waals surface area contributed by atoms with Crippen molar-refractivity contribution in [1.29, 1.82) is 0 Å². The van der Waals surface area contributed by atoms with E-state index in [1.54, 1.807) is 13.3 Å². The summed E-state index contributed by atoms with van der Waals surface area (Å²) in [7, 11) is 1.60. The minimum Gasteiger partial charge on any atom is -0.495 e. The van der Waals surface area contributed by atoms with Crippen molar-refractivity contribution in [2.75, 3.05) is 7.11 Å². The summed E-state index contributed by atoms with van der Waals surface area (Å²) in [6.07, 6.45) is 1.64. The van der Waals surface area contributed by atoms with Crippen LogP contribution in [-0.4, -0.2) is 12.1 Å². The molecule has 1 heterocycles. The van der Waals surface area contributed by atoms with Gasteiger partial charge < -0.3 is 4.74 Å². The van der Waals surface area contributed by atoms with E-state index in [9.17, 15) is 0 Å². The lowest BCUT2D eigenvalue weighted by atomic mass is 10.1. The highest BCUT2D eigenvalue weighted by molar-refractivity contribution is 5.22. The van der Waals surface area contributed by atoms with Crippen molar-refractivity contribution in [1.82, 2.24) is 4.98 Å². The van der Waals surface area contributed by atoms with Gasteiger partial charge in [-0.3, -0.25) is 9.82 Å². The van der Waals surface area contributed by atoms with E-state index in [0.717, 1.165) is 11.4 Å². The SMILES string of the molecule is COc1ccc(C(C)(C)ON)nc1. The third-order valence-corrected chi connectivity index (χ3v) is 1.88. The minimum absolute atomic E-state index is 0.563. The van der Waals surface area contributed by atoms with Gasteiger partial charge in [0, 0.05) is 0 Å². The van der Waals surface area contributed by atoms with Crippen molar-refractivity contribution in [3.8, 4) is 5.75 Å². The Labute approximate surface area is 77.6 Å². The smallest absolute Gasteiger partial charge is 0.137 e. The van der Waals surface area contributed by atoms with E-state index in [4.69, 9.17) is 15.5 Å². The number of rotatable bonds is 3. The normalized spacial score (nSPS) is 11.4. The molecule has 1 aromatic rings. The Morgan fingerprint density at radius 3 is 2.46 bits per heavy atom. The average Bonchev–Trinajstić information content (AvgIpc) is 2.18. The van der Waals surface area contributed by atoms with E-state index in [1.807, 2.05) is 26.0 Å². The van der Waals surface area contributed by atoms with Crippen LogP contribution in [0, 0.1) is 0 Å². The maximum Gasteiger partial charge on any atom is 0.137 e. The predicted octanol–water partition coefficient (Wildman–Crippen LogP) is 1.22. The molecule has 0 aliphatic carbocycles. The van der Waals surface area contributed by atoms with Crippen LogP contribution in [-0.2, 0) is 10.4 Å². The number of pyridine rings is 1. The van der Waals surface area contributed by atoms with Crippen LogP contribution in [0.2, 0.25) is 0 Å². The third kappa shape index (κ3) is 2.17. The summed E-state index contributed by atoms with van der Waals surface area (Å²) in [5, 5.41) is 0. The highest BCUT2D eigenvalue weighted by Gasteiger charge is 2.21. The second kappa shape index (κ2) is 3.72. The van der Waals surface area contributed by atoms with Gasteiger partial charge in [-0.1, -0.05) is 0 Å². The van der Waals surface area contributed by atoms with Crippen LogP contribution < -0.4 is 10.6 Å². The number of hydrogen-bond donors (Lipinski definition) is 1. The molecular weight excluding hydrogens is 168 g/mol. The Morgan fingerprint density at radius 1 is 1.38 bits per heavy atom. The molecule has 1 aromatic heterocycles. The molecule has 4 nitrogen and oxygen atoms in total. The number of ether oxygens (including phenoxy) is 1. The fourth-order valence-electron chi connectivity index (χ4n) is 0.918. The van der Waals surface area contributed by atoms with Crippen molar-refractivity contribution in [3.05, 3.63) is 24.0 Å². The lowest BCUT2D eigenvalue weighted by molar-refractivity contribution is -0.0268. The maximum absolute atomic E-state index is 5.14. The molecule has 72 valence electrons. The van der Waals surface area contributed by atoms with Crippen molar-refractivity contribution >= 4 is 0 Å². The highest BCUT2D eigenvalue weighted by Crippen LogP contribution is 2.21. The summed E-state index contributed by atoms with van der Waals surface area (Å²) in [5.74, 6) is 5.86. The number of nitrogens with two attached hydrogens (primary N) is 1. The zero-order chi connectivity index (χ0) is 9.90. The molecule has 0 bridgehead atoms. The number of hydrogen-bond acceptors (Lipinski definition) is 4. The summed E-state index contributed by atoms with van der Waals surface area (Å²) in [6.45, 7) is 3.70. The van der Waals surface area contributed by atoms with Crippen LogP contribution in [0.25, 0.3) is 0 Å². The van der Waals surface area contributed by atoms with Crippen molar-refractivity contribution in [2.24, 2.45) is 5.90 Å². The molecule has 4 heteroatoms. The van der Waals surface area contributed by atoms with E-state index in [1.165, 1.54) is 0 Å². The molecule has 0 atom stereocenters. The standard InChI is InChI=1S/C9H14N2O2/c1-9(2,13-10)8-5-4-7(12-3)6-11-8/h4-6H,10H2,1-3H3. The lowest BCUT2D eigenvalue weighted by Gasteiger charge is -2.20. The molecule has 0 aliphatic rings. The molecule has 0 saturated carbocycles. The first-order chi connectivity index (χ1) is 6.10. The monoisotopic (exact) mass is 182 g/mol. The predicted molar refractivity (Wildman–Crippen MR) is 49.1 cm³/mol. The van der Waals surface area contributed by atoms with Crippen molar-refractivity contribution < 1.29 is 9.57 Å². The molecule has 0 unspecified atom stereocenters. The molecule has 0 aromatic carbocycles. The van der Waals surface area contributed by atoms with Gasteiger partial charge in [0.05, 0.1) is 19.0 Å². The quantitative estimate of drug-likeness (QED) is 0.714. The summed E-state index contributed by atoms with van der Waals surface area (Å²) in [6, 6.07) is 3.65. The number of methoxy groups -OCH3 is 1. The van der Waals surface area contributed by atoms with Gasteiger partial charge in [-0.15, -0.1) is 0 Å². The van der Waals surface area contributed by atoms with Gasteiger partial charge in [0.15, 0.2) is 0 Å². The van der Waals surface area contributed by atoms with E-state index < -0.39 is 5.60 Å². The second-order valence-corrected chi connectivity index (χ2v) is 3.21. The topological polar surface area (TPSA) is 57.4 Å². The fraction of sp³-hybridized carbons (Fsp3) is 0.444. The van der Waals surface area contributed by atoms with Crippen LogP contribution in [0.5, 0.6) is 5.75 Å². The summed E-state index contributed by atoms with van der Waals surface area (Å²) < 4.78 is 4.98. The van der Waals surface area contributed by atoms with Crippen LogP contribution in [0.1, 0.15) is 19.5 Å². The van der Waals surface area contributed by atoms with Crippen LogP contribution in [0.3, 0.4) is 0 Å². The first kappa shape index (κ1) is 9.95. The van der Waals surface area contributed by atoms with Crippen molar-refractivity contribution in [2.45, 2.75) is 19.4 Å². The Hall–Kier alpha value is -1.13. The lowest BCUT2D eigenvalue weighted by Crippen LogP contribution is -2.26. The van der Waals surface area contributed by atoms with Crippen LogP contribution >= 0.6 is 0 Å². The van der Waals surface area contributed by atoms with E-state index in [0.29, 0.717) is 0 Å². The van der Waals surface area contributed by atoms with Gasteiger partial charge in [0.25, 0.3) is 0 Å². The molecular formula is C9H14N2O2. The molecule has 0 aliphatic heterocycles. The Morgan fingerprint density at radius 2 is 2.08 bits per heavy atom.